The Labute approximate surface area is 72.1 Å². The van der Waals surface area contributed by atoms with Crippen molar-refractivity contribution in [1.82, 2.24) is 5.43 Å². The van der Waals surface area contributed by atoms with Crippen LogP contribution in [0.15, 0.2) is 4.99 Å². The molecule has 0 aromatic heterocycles. The number of nitrogens with one attached hydrogen (secondary N) is 1. The third kappa shape index (κ3) is 7.96. The highest BCUT2D eigenvalue weighted by Gasteiger charge is 1.79. The van der Waals surface area contributed by atoms with E-state index < -0.39 is 0 Å². The van der Waals surface area contributed by atoms with Gasteiger partial charge in [-0.15, -0.1) is 24.0 Å². The fourth-order valence-corrected chi connectivity index (χ4v) is 0.278. The molecule has 0 radical (unpaired) electrons. The molecule has 0 rings (SSSR count). The molecule has 0 unspecified atom stereocenters. The molecule has 0 saturated carbocycles. The molecule has 4 nitrogen and oxygen atoms in total. The van der Waals surface area contributed by atoms with E-state index in [0.717, 1.165) is 13.0 Å². The van der Waals surface area contributed by atoms with E-state index in [4.69, 9.17) is 11.6 Å². The number of hydrogen-bond acceptors (Lipinski definition) is 2. The van der Waals surface area contributed by atoms with Crippen LogP contribution in [0.25, 0.3) is 0 Å². The summed E-state index contributed by atoms with van der Waals surface area (Å²) in [4.78, 5) is 3.82. The van der Waals surface area contributed by atoms with Crippen LogP contribution in [-0.2, 0) is 0 Å². The van der Waals surface area contributed by atoms with Crippen molar-refractivity contribution in [2.24, 2.45) is 16.6 Å². The summed E-state index contributed by atoms with van der Waals surface area (Å²) in [5.41, 5.74) is 7.40. The van der Waals surface area contributed by atoms with Crippen LogP contribution in [0.3, 0.4) is 0 Å². The van der Waals surface area contributed by atoms with Gasteiger partial charge in [0.05, 0.1) is 0 Å². The van der Waals surface area contributed by atoms with E-state index >= 15 is 0 Å². The van der Waals surface area contributed by atoms with Gasteiger partial charge >= 0.3 is 0 Å². The Kier molecular flexibility index (Phi) is 10.4. The second kappa shape index (κ2) is 7.96. The van der Waals surface area contributed by atoms with Gasteiger partial charge in [-0.25, -0.2) is 5.84 Å². The van der Waals surface area contributed by atoms with Gasteiger partial charge < -0.3 is 5.73 Å². The van der Waals surface area contributed by atoms with Gasteiger partial charge in [-0.3, -0.25) is 10.4 Å². The quantitative estimate of drug-likeness (QED) is 0.207. The van der Waals surface area contributed by atoms with Gasteiger partial charge in [0.15, 0.2) is 0 Å². The maximum Gasteiger partial charge on any atom is 0.203 e. The lowest BCUT2D eigenvalue weighted by atomic mass is 10.5. The van der Waals surface area contributed by atoms with E-state index in [0.29, 0.717) is 5.96 Å². The first-order valence-corrected chi connectivity index (χ1v) is 2.57. The van der Waals surface area contributed by atoms with Crippen molar-refractivity contribution in [3.05, 3.63) is 0 Å². The number of hydrazine groups is 1. The summed E-state index contributed by atoms with van der Waals surface area (Å²) >= 11 is 0. The van der Waals surface area contributed by atoms with Crippen molar-refractivity contribution in [3.8, 4) is 0 Å². The van der Waals surface area contributed by atoms with Crippen molar-refractivity contribution in [2.75, 3.05) is 6.54 Å². The van der Waals surface area contributed by atoms with Gasteiger partial charge in [-0.05, 0) is 6.42 Å². The maximum atomic E-state index is 5.17. The van der Waals surface area contributed by atoms with Gasteiger partial charge in [-0.1, -0.05) is 6.92 Å². The number of halogens is 1. The molecule has 0 heterocycles. The maximum absolute atomic E-state index is 5.17. The molecular weight excluding hydrogens is 231 g/mol. The van der Waals surface area contributed by atoms with Crippen LogP contribution < -0.4 is 17.0 Å². The van der Waals surface area contributed by atoms with Gasteiger partial charge in [0.1, 0.15) is 0 Å². The first-order chi connectivity index (χ1) is 3.81. The van der Waals surface area contributed by atoms with Crippen LogP contribution >= 0.6 is 24.0 Å². The van der Waals surface area contributed by atoms with Crippen molar-refractivity contribution < 1.29 is 0 Å². The van der Waals surface area contributed by atoms with Crippen molar-refractivity contribution in [1.29, 1.82) is 0 Å². The number of rotatable bonds is 2. The summed E-state index contributed by atoms with van der Waals surface area (Å²) in [6.45, 7) is 2.75. The van der Waals surface area contributed by atoms with E-state index in [2.05, 4.69) is 10.4 Å². The predicted octanol–water partition coefficient (Wildman–Crippen LogP) is -0.208. The Morgan fingerprint density at radius 3 is 2.56 bits per heavy atom. The first kappa shape index (κ1) is 11.7. The lowest BCUT2D eigenvalue weighted by Gasteiger charge is -1.94. The van der Waals surface area contributed by atoms with Gasteiger partial charge in [0, 0.05) is 6.54 Å². The number of guanidine groups is 1. The summed E-state index contributed by atoms with van der Waals surface area (Å²) in [6, 6.07) is 0. The molecule has 0 spiro atoms. The molecule has 5 heteroatoms. The number of nitrogens with zero attached hydrogens (tertiary/aromatic N) is 1. The van der Waals surface area contributed by atoms with Crippen LogP contribution in [0.1, 0.15) is 13.3 Å². The van der Waals surface area contributed by atoms with Gasteiger partial charge in [0.2, 0.25) is 5.96 Å². The lowest BCUT2D eigenvalue weighted by Crippen LogP contribution is -2.37. The lowest BCUT2D eigenvalue weighted by molar-refractivity contribution is 0.900. The molecule has 0 saturated heterocycles. The zero-order valence-corrected chi connectivity index (χ0v) is 7.75. The minimum atomic E-state index is 0. The average molecular weight is 244 g/mol. The normalized spacial score (nSPS) is 10.2. The number of aliphatic imine (C=N–C) groups is 1. The average Bonchev–Trinajstić information content (AvgIpc) is 1.83. The monoisotopic (exact) mass is 244 g/mol. The molecule has 0 aromatic carbocycles. The Bertz CT molecular complexity index is 82.6. The van der Waals surface area contributed by atoms with Gasteiger partial charge in [0.25, 0.3) is 0 Å². The molecule has 5 N–H and O–H groups in total. The fraction of sp³-hybridized carbons (Fsp3) is 0.750. The third-order valence-electron chi connectivity index (χ3n) is 0.654. The Morgan fingerprint density at radius 1 is 1.67 bits per heavy atom. The largest absolute Gasteiger partial charge is 0.369 e. The second-order valence-electron chi connectivity index (χ2n) is 1.41. The predicted molar refractivity (Wildman–Crippen MR) is 49.5 cm³/mol. The summed E-state index contributed by atoms with van der Waals surface area (Å²) in [5.74, 6) is 5.21. The van der Waals surface area contributed by atoms with E-state index in [9.17, 15) is 0 Å². The third-order valence-corrected chi connectivity index (χ3v) is 0.654. The Hall–Kier alpha value is -0.0400. The van der Waals surface area contributed by atoms with E-state index in [1.807, 2.05) is 6.92 Å². The highest BCUT2D eigenvalue weighted by atomic mass is 127. The zero-order chi connectivity index (χ0) is 6.41. The summed E-state index contributed by atoms with van der Waals surface area (Å²) < 4.78 is 0. The molecule has 0 bridgehead atoms. The molecule has 0 aromatic rings. The smallest absolute Gasteiger partial charge is 0.203 e. The molecule has 0 aliphatic carbocycles. The van der Waals surface area contributed by atoms with E-state index in [1.165, 1.54) is 0 Å². The standard InChI is InChI=1S/C4H12N4.HI/c1-2-3-7-4(5)8-6;/h2-3,6H2,1H3,(H3,5,7,8);1H. The summed E-state index contributed by atoms with van der Waals surface area (Å²) in [5, 5.41) is 0. The van der Waals surface area contributed by atoms with Crippen LogP contribution in [0, 0.1) is 0 Å². The van der Waals surface area contributed by atoms with Crippen LogP contribution in [0.2, 0.25) is 0 Å². The Morgan fingerprint density at radius 2 is 2.22 bits per heavy atom. The fourth-order valence-electron chi connectivity index (χ4n) is 0.278. The zero-order valence-electron chi connectivity index (χ0n) is 5.42. The minimum absolute atomic E-state index is 0. The molecule has 0 fully saturated rings. The molecule has 0 aliphatic rings. The van der Waals surface area contributed by atoms with E-state index in [-0.39, 0.29) is 24.0 Å². The van der Waals surface area contributed by atoms with E-state index in [1.54, 1.807) is 0 Å². The molecule has 0 aliphatic heterocycles. The molecular formula is C4H13IN4. The Balaban J connectivity index is 0. The minimum Gasteiger partial charge on any atom is -0.369 e. The molecule has 56 valence electrons. The summed E-state index contributed by atoms with van der Waals surface area (Å²) in [7, 11) is 0. The van der Waals surface area contributed by atoms with Crippen LogP contribution in [0.5, 0.6) is 0 Å². The second-order valence-corrected chi connectivity index (χ2v) is 1.41. The van der Waals surface area contributed by atoms with Crippen molar-refractivity contribution in [2.45, 2.75) is 13.3 Å². The van der Waals surface area contributed by atoms with Crippen molar-refractivity contribution >= 4 is 29.9 Å². The molecule has 9 heavy (non-hydrogen) atoms. The topological polar surface area (TPSA) is 76.4 Å². The summed E-state index contributed by atoms with van der Waals surface area (Å²) in [6.07, 6.45) is 0.988. The highest BCUT2D eigenvalue weighted by Crippen LogP contribution is 1.74. The van der Waals surface area contributed by atoms with Crippen LogP contribution in [-0.4, -0.2) is 12.5 Å². The highest BCUT2D eigenvalue weighted by molar-refractivity contribution is 14.0. The SMILES string of the molecule is CCCN=C(N)NN.I. The van der Waals surface area contributed by atoms with Crippen molar-refractivity contribution in [3.63, 3.8) is 0 Å². The number of hydrogen-bond donors (Lipinski definition) is 3. The molecule has 0 amide bonds. The van der Waals surface area contributed by atoms with Crippen LogP contribution in [0.4, 0.5) is 0 Å². The first-order valence-electron chi connectivity index (χ1n) is 2.57. The number of nitrogens with two attached hydrogens (primary N) is 2. The molecule has 0 atom stereocenters. The van der Waals surface area contributed by atoms with Gasteiger partial charge in [-0.2, -0.15) is 0 Å².